The molecule has 0 spiro atoms. The lowest BCUT2D eigenvalue weighted by Gasteiger charge is -2.25. The maximum atomic E-state index is 14.3. The maximum absolute atomic E-state index is 14.3. The van der Waals surface area contributed by atoms with Gasteiger partial charge >= 0.3 is 0 Å². The molecule has 0 radical (unpaired) electrons. The van der Waals surface area contributed by atoms with Gasteiger partial charge in [-0.3, -0.25) is 4.79 Å². The molecule has 1 amide bonds. The highest BCUT2D eigenvalue weighted by Crippen LogP contribution is 2.25. The van der Waals surface area contributed by atoms with Gasteiger partial charge in [-0.25, -0.2) is 22.0 Å². The van der Waals surface area contributed by atoms with Crippen LogP contribution in [-0.2, 0) is 6.42 Å². The van der Waals surface area contributed by atoms with Gasteiger partial charge in [0.25, 0.3) is 12.3 Å². The number of rotatable bonds is 8. The Morgan fingerprint density at radius 1 is 0.892 bits per heavy atom. The Bertz CT molecular complexity index is 1440. The van der Waals surface area contributed by atoms with Gasteiger partial charge in [-0.05, 0) is 58.8 Å². The van der Waals surface area contributed by atoms with E-state index in [1.807, 2.05) is 0 Å². The van der Waals surface area contributed by atoms with Crippen molar-refractivity contribution >= 4 is 22.8 Å². The van der Waals surface area contributed by atoms with Crippen molar-refractivity contribution in [1.82, 2.24) is 5.32 Å². The van der Waals surface area contributed by atoms with E-state index in [0.717, 1.165) is 0 Å². The quantitative estimate of drug-likeness (QED) is 0.257. The van der Waals surface area contributed by atoms with Crippen LogP contribution < -0.4 is 5.32 Å². The molecule has 0 heterocycles. The fourth-order valence-electron chi connectivity index (χ4n) is 4.13. The number of aliphatic hydroxyl groups is 1. The third-order valence-corrected chi connectivity index (χ3v) is 5.94. The number of halogens is 5. The number of fused-ring (bicyclic) bond motifs is 1. The van der Waals surface area contributed by atoms with Gasteiger partial charge in [0.2, 0.25) is 0 Å². The molecule has 0 aliphatic heterocycles. The van der Waals surface area contributed by atoms with E-state index in [9.17, 15) is 31.9 Å². The Hall–Kier alpha value is -4.04. The minimum Gasteiger partial charge on any atom is -0.386 e. The van der Waals surface area contributed by atoms with Gasteiger partial charge in [0.05, 0.1) is 12.1 Å². The van der Waals surface area contributed by atoms with Crippen LogP contribution in [0.3, 0.4) is 0 Å². The minimum atomic E-state index is -3.25. The van der Waals surface area contributed by atoms with E-state index in [4.69, 9.17) is 0 Å². The second-order valence-corrected chi connectivity index (χ2v) is 8.50. The number of hydrogen-bond donors (Lipinski definition) is 2. The van der Waals surface area contributed by atoms with E-state index >= 15 is 0 Å². The van der Waals surface area contributed by atoms with Gasteiger partial charge in [0.15, 0.2) is 5.83 Å². The number of amides is 1. The van der Waals surface area contributed by atoms with E-state index < -0.39 is 41.9 Å². The van der Waals surface area contributed by atoms with Gasteiger partial charge in [-0.1, -0.05) is 60.7 Å². The number of aliphatic hydroxyl groups excluding tert-OH is 1. The highest BCUT2D eigenvalue weighted by atomic mass is 19.3. The van der Waals surface area contributed by atoms with E-state index in [2.05, 4.69) is 5.32 Å². The third-order valence-electron chi connectivity index (χ3n) is 5.94. The summed E-state index contributed by atoms with van der Waals surface area (Å²) in [5, 5.41) is 14.5. The van der Waals surface area contributed by atoms with Crippen molar-refractivity contribution in [2.75, 3.05) is 0 Å². The number of alkyl halides is 2. The molecule has 0 bridgehead atoms. The first-order valence-corrected chi connectivity index (χ1v) is 11.4. The molecule has 0 saturated carbocycles. The van der Waals surface area contributed by atoms with Gasteiger partial charge < -0.3 is 10.4 Å². The maximum Gasteiger partial charge on any atom is 0.289 e. The topological polar surface area (TPSA) is 49.3 Å². The van der Waals surface area contributed by atoms with Crippen molar-refractivity contribution in [3.05, 3.63) is 125 Å². The normalized spacial score (nSPS) is 13.5. The van der Waals surface area contributed by atoms with Crippen LogP contribution >= 0.6 is 0 Å². The van der Waals surface area contributed by atoms with E-state index in [1.165, 1.54) is 54.6 Å². The van der Waals surface area contributed by atoms with Crippen molar-refractivity contribution in [2.45, 2.75) is 25.0 Å². The second kappa shape index (κ2) is 11.3. The number of nitrogens with one attached hydrogen (secondary N) is 1. The molecule has 4 rings (SSSR count). The number of allylic oxidation sites excluding steroid dienone is 1. The zero-order valence-electron chi connectivity index (χ0n) is 19.3. The predicted molar refractivity (Wildman–Crippen MR) is 132 cm³/mol. The lowest BCUT2D eigenvalue weighted by atomic mass is 9.94. The van der Waals surface area contributed by atoms with Gasteiger partial charge in [-0.2, -0.15) is 0 Å². The van der Waals surface area contributed by atoms with Crippen LogP contribution in [0.5, 0.6) is 0 Å². The SMILES string of the molecule is O=C(NC(Cc1cccc(C=C(F)C(F)F)c1)C(O)c1ccc(F)cc1)c1ccc(F)c2ccccc12. The van der Waals surface area contributed by atoms with Crippen LogP contribution in [0, 0.1) is 11.6 Å². The number of hydrogen-bond acceptors (Lipinski definition) is 2. The molecule has 190 valence electrons. The lowest BCUT2D eigenvalue weighted by Crippen LogP contribution is -2.41. The predicted octanol–water partition coefficient (Wildman–Crippen LogP) is 6.77. The zero-order valence-corrected chi connectivity index (χ0v) is 19.3. The summed E-state index contributed by atoms with van der Waals surface area (Å²) in [5.41, 5.74) is 1.21. The van der Waals surface area contributed by atoms with Gasteiger partial charge in [0, 0.05) is 10.9 Å². The third kappa shape index (κ3) is 6.21. The van der Waals surface area contributed by atoms with Crippen LogP contribution in [0.25, 0.3) is 16.8 Å². The average Bonchev–Trinajstić information content (AvgIpc) is 2.89. The molecular weight excluding hydrogens is 489 g/mol. The summed E-state index contributed by atoms with van der Waals surface area (Å²) in [4.78, 5) is 13.3. The molecular formula is C29H22F5NO2. The molecule has 0 aromatic heterocycles. The van der Waals surface area contributed by atoms with Crippen molar-refractivity contribution in [2.24, 2.45) is 0 Å². The van der Waals surface area contributed by atoms with Crippen molar-refractivity contribution in [3.8, 4) is 0 Å². The number of benzene rings is 4. The summed E-state index contributed by atoms with van der Waals surface area (Å²) >= 11 is 0. The summed E-state index contributed by atoms with van der Waals surface area (Å²) in [6, 6.07) is 19.2. The zero-order chi connectivity index (χ0) is 26.5. The van der Waals surface area contributed by atoms with E-state index in [1.54, 1.807) is 30.3 Å². The van der Waals surface area contributed by atoms with Crippen LogP contribution in [0.4, 0.5) is 22.0 Å². The molecule has 2 atom stereocenters. The molecule has 2 unspecified atom stereocenters. The van der Waals surface area contributed by atoms with Crippen LogP contribution in [-0.4, -0.2) is 23.5 Å². The Labute approximate surface area is 209 Å². The summed E-state index contributed by atoms with van der Waals surface area (Å²) in [5.74, 6) is -3.16. The molecule has 0 aliphatic carbocycles. The smallest absolute Gasteiger partial charge is 0.289 e. The lowest BCUT2D eigenvalue weighted by molar-refractivity contribution is 0.0833. The molecule has 4 aromatic rings. The molecule has 4 aromatic carbocycles. The molecule has 37 heavy (non-hydrogen) atoms. The van der Waals surface area contributed by atoms with E-state index in [0.29, 0.717) is 22.6 Å². The molecule has 2 N–H and O–H groups in total. The summed E-state index contributed by atoms with van der Waals surface area (Å²) < 4.78 is 66.4. The summed E-state index contributed by atoms with van der Waals surface area (Å²) in [6.45, 7) is 0. The van der Waals surface area contributed by atoms with Gasteiger partial charge in [0.1, 0.15) is 11.6 Å². The molecule has 0 aliphatic rings. The van der Waals surface area contributed by atoms with Crippen molar-refractivity contribution < 1.29 is 31.9 Å². The average molecular weight is 511 g/mol. The highest BCUT2D eigenvalue weighted by Gasteiger charge is 2.25. The first kappa shape index (κ1) is 26.0. The first-order valence-electron chi connectivity index (χ1n) is 11.4. The largest absolute Gasteiger partial charge is 0.386 e. The number of carbonyl (C=O) groups excluding carboxylic acids is 1. The fourth-order valence-corrected chi connectivity index (χ4v) is 4.13. The van der Waals surface area contributed by atoms with Crippen LogP contribution in [0.1, 0.15) is 33.2 Å². The highest BCUT2D eigenvalue weighted by molar-refractivity contribution is 6.07. The molecule has 0 saturated heterocycles. The van der Waals surface area contributed by atoms with Crippen molar-refractivity contribution in [1.29, 1.82) is 0 Å². The monoisotopic (exact) mass is 511 g/mol. The Morgan fingerprint density at radius 2 is 1.59 bits per heavy atom. The van der Waals surface area contributed by atoms with E-state index in [-0.39, 0.29) is 22.9 Å². The van der Waals surface area contributed by atoms with Crippen LogP contribution in [0.2, 0.25) is 0 Å². The number of carbonyl (C=O) groups is 1. The van der Waals surface area contributed by atoms with Gasteiger partial charge in [-0.15, -0.1) is 0 Å². The molecule has 0 fully saturated rings. The fraction of sp³-hybridized carbons (Fsp3) is 0.138. The molecule has 3 nitrogen and oxygen atoms in total. The Morgan fingerprint density at radius 3 is 2.30 bits per heavy atom. The second-order valence-electron chi connectivity index (χ2n) is 8.50. The summed E-state index contributed by atoms with van der Waals surface area (Å²) in [7, 11) is 0. The Balaban J connectivity index is 1.67. The molecule has 8 heteroatoms. The van der Waals surface area contributed by atoms with Crippen molar-refractivity contribution in [3.63, 3.8) is 0 Å². The Kier molecular flexibility index (Phi) is 7.98. The minimum absolute atomic E-state index is 0.0292. The summed E-state index contributed by atoms with van der Waals surface area (Å²) in [6.07, 6.45) is -3.79. The first-order chi connectivity index (χ1) is 17.7. The standard InChI is InChI=1S/C29H22F5NO2/c30-20-10-8-19(9-11-20)27(36)26(16-18-5-3-4-17(14-18)15-25(32)28(33)34)35-29(37)23-12-13-24(31)22-7-2-1-6-21(22)23/h1-15,26-28,36H,16H2,(H,35,37). The van der Waals surface area contributed by atoms with Crippen LogP contribution in [0.15, 0.2) is 90.8 Å².